The Kier molecular flexibility index (Phi) is 4.88. The van der Waals surface area contributed by atoms with E-state index in [1.165, 1.54) is 0 Å². The molecule has 0 spiro atoms. The molecule has 7 heteroatoms. The minimum atomic E-state index is -2.92. The normalized spacial score (nSPS) is 31.2. The molecule has 0 bridgehead atoms. The van der Waals surface area contributed by atoms with Crippen LogP contribution in [-0.2, 0) is 14.6 Å². The Hall–Kier alpha value is 0.120. The summed E-state index contributed by atoms with van der Waals surface area (Å²) >= 11 is 3.53. The highest BCUT2D eigenvalue weighted by atomic mass is 32.2. The maximum Gasteiger partial charge on any atom is 0.236 e. The summed E-state index contributed by atoms with van der Waals surface area (Å²) in [5, 5.41) is 0.0204. The van der Waals surface area contributed by atoms with E-state index >= 15 is 0 Å². The van der Waals surface area contributed by atoms with Crippen LogP contribution in [0.25, 0.3) is 0 Å². The molecule has 2 aliphatic rings. The van der Waals surface area contributed by atoms with E-state index in [9.17, 15) is 13.2 Å². The highest BCUT2D eigenvalue weighted by Gasteiger charge is 2.36. The van der Waals surface area contributed by atoms with Gasteiger partial charge in [0.25, 0.3) is 0 Å². The van der Waals surface area contributed by atoms with Gasteiger partial charge in [0, 0.05) is 29.8 Å². The third-order valence-corrected chi connectivity index (χ3v) is 7.86. The number of nitrogens with zero attached hydrogens (tertiary/aromatic N) is 1. The van der Waals surface area contributed by atoms with Crippen LogP contribution >= 0.6 is 23.5 Å². The maximum atomic E-state index is 12.4. The van der Waals surface area contributed by atoms with Crippen molar-refractivity contribution in [2.45, 2.75) is 24.6 Å². The minimum absolute atomic E-state index is 0.0204. The number of hydrogen-bond donors (Lipinski definition) is 0. The summed E-state index contributed by atoms with van der Waals surface area (Å²) in [6, 6.07) is -0.0972. The zero-order valence-electron chi connectivity index (χ0n) is 10.5. The van der Waals surface area contributed by atoms with Crippen LogP contribution in [0.1, 0.15) is 13.3 Å². The van der Waals surface area contributed by atoms with Crippen LogP contribution in [-0.4, -0.2) is 65.8 Å². The third kappa shape index (κ3) is 3.36. The average Bonchev–Trinajstić information content (AvgIpc) is 2.71. The van der Waals surface area contributed by atoms with Gasteiger partial charge in [0.1, 0.15) is 0 Å². The molecule has 0 unspecified atom stereocenters. The van der Waals surface area contributed by atoms with Crippen molar-refractivity contribution < 1.29 is 13.2 Å². The van der Waals surface area contributed by atoms with Gasteiger partial charge in [-0.05, 0) is 13.3 Å². The van der Waals surface area contributed by atoms with E-state index in [1.807, 2.05) is 18.7 Å². The van der Waals surface area contributed by atoms with E-state index in [0.29, 0.717) is 13.0 Å². The summed E-state index contributed by atoms with van der Waals surface area (Å²) in [4.78, 5) is 14.2. The number of thioether (sulfide) groups is 2. The molecule has 2 atom stereocenters. The van der Waals surface area contributed by atoms with Crippen molar-refractivity contribution in [2.24, 2.45) is 0 Å². The molecule has 0 aromatic carbocycles. The summed E-state index contributed by atoms with van der Waals surface area (Å²) in [5.74, 6) is 3.50. The molecule has 0 aromatic rings. The number of carbonyl (C=O) groups excluding carboxylic acids is 1. The van der Waals surface area contributed by atoms with E-state index < -0.39 is 9.84 Å². The molecule has 2 rings (SSSR count). The van der Waals surface area contributed by atoms with Gasteiger partial charge in [0.2, 0.25) is 5.91 Å². The number of sulfone groups is 1. The van der Waals surface area contributed by atoms with Crippen LogP contribution in [0.3, 0.4) is 0 Å². The van der Waals surface area contributed by atoms with Crippen molar-refractivity contribution in [1.29, 1.82) is 0 Å². The van der Waals surface area contributed by atoms with Crippen molar-refractivity contribution in [2.75, 3.05) is 35.3 Å². The van der Waals surface area contributed by atoms with E-state index in [4.69, 9.17) is 0 Å². The molecule has 2 heterocycles. The van der Waals surface area contributed by atoms with Gasteiger partial charge in [-0.3, -0.25) is 4.79 Å². The molecular formula is C11H19NO3S3. The minimum Gasteiger partial charge on any atom is -0.338 e. The van der Waals surface area contributed by atoms with E-state index in [-0.39, 0.29) is 28.7 Å². The summed E-state index contributed by atoms with van der Waals surface area (Å²) in [6.45, 7) is 2.55. The fraction of sp³-hybridized carbons (Fsp3) is 0.909. The van der Waals surface area contributed by atoms with Gasteiger partial charge in [-0.2, -0.15) is 11.8 Å². The van der Waals surface area contributed by atoms with E-state index in [2.05, 4.69) is 0 Å². The fourth-order valence-corrected chi connectivity index (χ4v) is 6.78. The SMILES string of the molecule is CCN(C(=O)[C@H]1CSCCS1)[C@@H]1CCS(=O)(=O)C1. The molecule has 4 nitrogen and oxygen atoms in total. The highest BCUT2D eigenvalue weighted by molar-refractivity contribution is 8.07. The van der Waals surface area contributed by atoms with Crippen LogP contribution in [0.15, 0.2) is 0 Å². The number of amides is 1. The van der Waals surface area contributed by atoms with Gasteiger partial charge in [0.15, 0.2) is 9.84 Å². The van der Waals surface area contributed by atoms with Crippen molar-refractivity contribution in [1.82, 2.24) is 4.90 Å². The number of hydrogen-bond acceptors (Lipinski definition) is 5. The van der Waals surface area contributed by atoms with Gasteiger partial charge < -0.3 is 4.90 Å². The monoisotopic (exact) mass is 309 g/mol. The molecule has 1 amide bonds. The first-order valence-electron chi connectivity index (χ1n) is 6.24. The summed E-state index contributed by atoms with van der Waals surface area (Å²) in [6.07, 6.45) is 0.604. The molecule has 0 saturated carbocycles. The molecular weight excluding hydrogens is 290 g/mol. The molecule has 2 fully saturated rings. The van der Waals surface area contributed by atoms with Crippen LogP contribution in [0.5, 0.6) is 0 Å². The van der Waals surface area contributed by atoms with E-state index in [0.717, 1.165) is 17.3 Å². The second-order valence-electron chi connectivity index (χ2n) is 4.62. The lowest BCUT2D eigenvalue weighted by Gasteiger charge is -2.31. The van der Waals surface area contributed by atoms with Crippen molar-refractivity contribution in [3.05, 3.63) is 0 Å². The molecule has 0 N–H and O–H groups in total. The largest absolute Gasteiger partial charge is 0.338 e. The van der Waals surface area contributed by atoms with Gasteiger partial charge in [-0.25, -0.2) is 8.42 Å². The standard InChI is InChI=1S/C11H19NO3S3/c1-2-12(9-3-6-18(14,15)8-9)11(13)10-7-16-4-5-17-10/h9-10H,2-8H2,1H3/t9-,10-/m1/s1. The lowest BCUT2D eigenvalue weighted by Crippen LogP contribution is -2.46. The van der Waals surface area contributed by atoms with Crippen molar-refractivity contribution >= 4 is 39.3 Å². The predicted octanol–water partition coefficient (Wildman–Crippen LogP) is 0.871. The Morgan fingerprint density at radius 2 is 2.17 bits per heavy atom. The first-order valence-corrected chi connectivity index (χ1v) is 10.3. The topological polar surface area (TPSA) is 54.5 Å². The van der Waals surface area contributed by atoms with Gasteiger partial charge in [0.05, 0.1) is 16.8 Å². The van der Waals surface area contributed by atoms with Gasteiger partial charge in [-0.1, -0.05) is 0 Å². The zero-order valence-corrected chi connectivity index (χ0v) is 13.0. The molecule has 0 radical (unpaired) electrons. The molecule has 0 aromatic heterocycles. The third-order valence-electron chi connectivity index (χ3n) is 3.36. The Morgan fingerprint density at radius 1 is 1.39 bits per heavy atom. The Balaban J connectivity index is 2.01. The predicted molar refractivity (Wildman–Crippen MR) is 78.0 cm³/mol. The van der Waals surface area contributed by atoms with Crippen LogP contribution in [0.4, 0.5) is 0 Å². The number of rotatable bonds is 3. The lowest BCUT2D eigenvalue weighted by molar-refractivity contribution is -0.131. The van der Waals surface area contributed by atoms with Crippen molar-refractivity contribution in [3.63, 3.8) is 0 Å². The lowest BCUT2D eigenvalue weighted by atomic mass is 10.2. The second kappa shape index (κ2) is 6.05. The summed E-state index contributed by atoms with van der Waals surface area (Å²) in [7, 11) is -2.92. The van der Waals surface area contributed by atoms with Gasteiger partial charge in [-0.15, -0.1) is 11.8 Å². The van der Waals surface area contributed by atoms with Crippen molar-refractivity contribution in [3.8, 4) is 0 Å². The molecule has 0 aliphatic carbocycles. The van der Waals surface area contributed by atoms with Crippen LogP contribution < -0.4 is 0 Å². The van der Waals surface area contributed by atoms with Crippen LogP contribution in [0.2, 0.25) is 0 Å². The summed E-state index contributed by atoms with van der Waals surface area (Å²) < 4.78 is 23.0. The zero-order chi connectivity index (χ0) is 13.2. The average molecular weight is 309 g/mol. The molecule has 104 valence electrons. The Morgan fingerprint density at radius 3 is 2.67 bits per heavy atom. The maximum absolute atomic E-state index is 12.4. The van der Waals surface area contributed by atoms with Crippen LogP contribution in [0, 0.1) is 0 Å². The van der Waals surface area contributed by atoms with Gasteiger partial charge >= 0.3 is 0 Å². The molecule has 18 heavy (non-hydrogen) atoms. The summed E-state index contributed by atoms with van der Waals surface area (Å²) in [5.41, 5.74) is 0. The molecule has 2 saturated heterocycles. The Bertz CT molecular complexity index is 404. The highest BCUT2D eigenvalue weighted by Crippen LogP contribution is 2.27. The smallest absolute Gasteiger partial charge is 0.236 e. The molecule has 2 aliphatic heterocycles. The first kappa shape index (κ1) is 14.5. The second-order valence-corrected chi connectivity index (χ2v) is 9.30. The van der Waals surface area contributed by atoms with E-state index in [1.54, 1.807) is 16.7 Å². The first-order chi connectivity index (χ1) is 8.53. The number of carbonyl (C=O) groups is 1. The Labute approximate surface area is 117 Å². The quantitative estimate of drug-likeness (QED) is 0.774. The fourth-order valence-electron chi connectivity index (χ4n) is 2.43.